The summed E-state index contributed by atoms with van der Waals surface area (Å²) in [5.74, 6) is 5.26. The molecule has 0 saturated carbocycles. The zero-order valence-electron chi connectivity index (χ0n) is 10.2. The Morgan fingerprint density at radius 3 is 3.00 bits per heavy atom. The van der Waals surface area contributed by atoms with E-state index >= 15 is 0 Å². The molecule has 0 bridgehead atoms. The second kappa shape index (κ2) is 5.91. The highest BCUT2D eigenvalue weighted by atomic mass is 35.5. The van der Waals surface area contributed by atoms with Crippen LogP contribution >= 0.6 is 23.4 Å². The molecule has 2 heterocycles. The number of anilines is 1. The van der Waals surface area contributed by atoms with E-state index in [0.717, 1.165) is 24.1 Å². The van der Waals surface area contributed by atoms with Crippen LogP contribution in [0.1, 0.15) is 32.0 Å². The molecule has 2 rings (SSSR count). The first-order valence-corrected chi connectivity index (χ1v) is 7.54. The second-order valence-corrected chi connectivity index (χ2v) is 6.24. The molecule has 0 amide bonds. The fourth-order valence-corrected chi connectivity index (χ4v) is 3.25. The van der Waals surface area contributed by atoms with Gasteiger partial charge >= 0.3 is 0 Å². The molecule has 1 aliphatic heterocycles. The van der Waals surface area contributed by atoms with Gasteiger partial charge in [-0.3, -0.25) is 0 Å². The molecule has 1 fully saturated rings. The minimum Gasteiger partial charge on any atom is -0.370 e. The molecule has 1 aromatic rings. The van der Waals surface area contributed by atoms with Crippen molar-refractivity contribution in [3.63, 3.8) is 0 Å². The molecular formula is C12H18ClN3S. The third-order valence-corrected chi connectivity index (χ3v) is 4.25. The van der Waals surface area contributed by atoms with E-state index in [1.54, 1.807) is 6.07 Å². The summed E-state index contributed by atoms with van der Waals surface area (Å²) in [5.41, 5.74) is 0. The molecular weight excluding hydrogens is 254 g/mol. The van der Waals surface area contributed by atoms with Gasteiger partial charge in [0.1, 0.15) is 16.8 Å². The maximum absolute atomic E-state index is 5.99. The van der Waals surface area contributed by atoms with Crippen LogP contribution in [0.2, 0.25) is 5.15 Å². The van der Waals surface area contributed by atoms with Crippen molar-refractivity contribution < 1.29 is 0 Å². The van der Waals surface area contributed by atoms with Crippen LogP contribution in [0.5, 0.6) is 0 Å². The second-order valence-electron chi connectivity index (χ2n) is 4.70. The van der Waals surface area contributed by atoms with Crippen LogP contribution in [0.25, 0.3) is 0 Å². The predicted molar refractivity (Wildman–Crippen MR) is 75.1 cm³/mol. The zero-order chi connectivity index (χ0) is 12.3. The van der Waals surface area contributed by atoms with E-state index in [9.17, 15) is 0 Å². The van der Waals surface area contributed by atoms with Crippen LogP contribution in [0, 0.1) is 5.92 Å². The van der Waals surface area contributed by atoms with E-state index in [0.29, 0.717) is 11.1 Å². The molecule has 1 N–H and O–H groups in total. The van der Waals surface area contributed by atoms with Crippen LogP contribution in [0.4, 0.5) is 5.82 Å². The van der Waals surface area contributed by atoms with Gasteiger partial charge in [-0.15, -0.1) is 0 Å². The molecule has 17 heavy (non-hydrogen) atoms. The average Bonchev–Trinajstić information content (AvgIpc) is 2.78. The summed E-state index contributed by atoms with van der Waals surface area (Å²) in [7, 11) is 0. The highest BCUT2D eigenvalue weighted by Gasteiger charge is 2.15. The highest BCUT2D eigenvalue weighted by Crippen LogP contribution is 2.24. The number of hydrogen-bond donors (Lipinski definition) is 1. The lowest BCUT2D eigenvalue weighted by Gasteiger charge is -2.12. The van der Waals surface area contributed by atoms with Gasteiger partial charge in [0.2, 0.25) is 0 Å². The maximum atomic E-state index is 5.99. The molecule has 0 spiro atoms. The van der Waals surface area contributed by atoms with Gasteiger partial charge in [-0.2, -0.15) is 11.8 Å². The summed E-state index contributed by atoms with van der Waals surface area (Å²) >= 11 is 8.02. The molecule has 1 aliphatic rings. The topological polar surface area (TPSA) is 37.8 Å². The Labute approximate surface area is 112 Å². The minimum atomic E-state index is 0.302. The van der Waals surface area contributed by atoms with Crippen LogP contribution in [-0.4, -0.2) is 28.0 Å². The van der Waals surface area contributed by atoms with Crippen LogP contribution < -0.4 is 5.32 Å². The third kappa shape index (κ3) is 3.75. The maximum Gasteiger partial charge on any atom is 0.135 e. The van der Waals surface area contributed by atoms with Crippen molar-refractivity contribution in [3.05, 3.63) is 17.0 Å². The Bertz CT molecular complexity index is 378. The first-order valence-electron chi connectivity index (χ1n) is 6.01. The monoisotopic (exact) mass is 271 g/mol. The molecule has 1 unspecified atom stereocenters. The van der Waals surface area contributed by atoms with Crippen molar-refractivity contribution in [3.8, 4) is 0 Å². The number of hydrogen-bond acceptors (Lipinski definition) is 4. The molecule has 94 valence electrons. The van der Waals surface area contributed by atoms with Gasteiger partial charge < -0.3 is 5.32 Å². The number of rotatable bonds is 4. The van der Waals surface area contributed by atoms with Crippen molar-refractivity contribution in [2.45, 2.75) is 26.2 Å². The molecule has 1 aromatic heterocycles. The van der Waals surface area contributed by atoms with E-state index in [1.807, 2.05) is 11.8 Å². The molecule has 0 aromatic carbocycles. The summed E-state index contributed by atoms with van der Waals surface area (Å²) in [6.07, 6.45) is 1.30. The van der Waals surface area contributed by atoms with E-state index in [-0.39, 0.29) is 0 Å². The van der Waals surface area contributed by atoms with E-state index in [1.165, 1.54) is 17.9 Å². The first-order chi connectivity index (χ1) is 8.15. The summed E-state index contributed by atoms with van der Waals surface area (Å²) in [4.78, 5) is 8.70. The molecule has 0 radical (unpaired) electrons. The van der Waals surface area contributed by atoms with Gasteiger partial charge in [0.15, 0.2) is 0 Å². The molecule has 0 aliphatic carbocycles. The van der Waals surface area contributed by atoms with Gasteiger partial charge in [-0.05, 0) is 23.8 Å². The third-order valence-electron chi connectivity index (χ3n) is 2.82. The average molecular weight is 272 g/mol. The smallest absolute Gasteiger partial charge is 0.135 e. The number of nitrogens with zero attached hydrogens (tertiary/aromatic N) is 2. The summed E-state index contributed by atoms with van der Waals surface area (Å²) in [6.45, 7) is 5.13. The van der Waals surface area contributed by atoms with E-state index in [4.69, 9.17) is 11.6 Å². The molecule has 1 saturated heterocycles. The van der Waals surface area contributed by atoms with Gasteiger partial charge in [0.05, 0.1) is 0 Å². The minimum absolute atomic E-state index is 0.302. The lowest BCUT2D eigenvalue weighted by Crippen LogP contribution is -2.15. The first kappa shape index (κ1) is 13.0. The summed E-state index contributed by atoms with van der Waals surface area (Å²) < 4.78 is 0. The van der Waals surface area contributed by atoms with Crippen molar-refractivity contribution >= 4 is 29.2 Å². The van der Waals surface area contributed by atoms with Gasteiger partial charge in [-0.1, -0.05) is 25.4 Å². The van der Waals surface area contributed by atoms with Gasteiger partial charge in [-0.25, -0.2) is 9.97 Å². The van der Waals surface area contributed by atoms with Gasteiger partial charge in [0.25, 0.3) is 0 Å². The Balaban J connectivity index is 1.99. The molecule has 3 nitrogen and oxygen atoms in total. The van der Waals surface area contributed by atoms with Crippen molar-refractivity contribution in [2.24, 2.45) is 5.92 Å². The van der Waals surface area contributed by atoms with E-state index < -0.39 is 0 Å². The van der Waals surface area contributed by atoms with Gasteiger partial charge in [0, 0.05) is 18.5 Å². The largest absolute Gasteiger partial charge is 0.370 e. The van der Waals surface area contributed by atoms with Crippen molar-refractivity contribution in [2.75, 3.05) is 23.4 Å². The van der Waals surface area contributed by atoms with Crippen molar-refractivity contribution in [1.29, 1.82) is 0 Å². The normalized spacial score (nSPS) is 19.9. The zero-order valence-corrected chi connectivity index (χ0v) is 11.8. The number of thioether (sulfide) groups is 1. The lowest BCUT2D eigenvalue weighted by atomic mass is 10.1. The quantitative estimate of drug-likeness (QED) is 0.852. The lowest BCUT2D eigenvalue weighted by molar-refractivity contribution is 0.629. The van der Waals surface area contributed by atoms with Crippen LogP contribution in [-0.2, 0) is 0 Å². The standard InChI is InChI=1S/C12H18ClN3S/c1-8(2)12-15-10(13)5-11(16-12)14-6-9-3-4-17-7-9/h5,8-9H,3-4,6-7H2,1-2H3,(H,14,15,16). The highest BCUT2D eigenvalue weighted by molar-refractivity contribution is 7.99. The van der Waals surface area contributed by atoms with Crippen LogP contribution in [0.15, 0.2) is 6.07 Å². The predicted octanol–water partition coefficient (Wildman–Crippen LogP) is 3.42. The number of nitrogens with one attached hydrogen (secondary N) is 1. The fourth-order valence-electron chi connectivity index (χ4n) is 1.78. The Hall–Kier alpha value is -0.480. The van der Waals surface area contributed by atoms with E-state index in [2.05, 4.69) is 29.1 Å². The number of aromatic nitrogens is 2. The Morgan fingerprint density at radius 2 is 2.35 bits per heavy atom. The number of halogens is 1. The molecule has 5 heteroatoms. The Kier molecular flexibility index (Phi) is 4.51. The fraction of sp³-hybridized carbons (Fsp3) is 0.667. The summed E-state index contributed by atoms with van der Waals surface area (Å²) in [6, 6.07) is 1.80. The SMILES string of the molecule is CC(C)c1nc(Cl)cc(NCC2CCSC2)n1. The van der Waals surface area contributed by atoms with Crippen LogP contribution in [0.3, 0.4) is 0 Å². The van der Waals surface area contributed by atoms with Crippen molar-refractivity contribution in [1.82, 2.24) is 9.97 Å². The summed E-state index contributed by atoms with van der Waals surface area (Å²) in [5, 5.41) is 3.89. The molecule has 1 atom stereocenters. The Morgan fingerprint density at radius 1 is 1.53 bits per heavy atom.